The molecule has 3 heteroatoms. The molecule has 18 heavy (non-hydrogen) atoms. The van der Waals surface area contributed by atoms with E-state index >= 15 is 0 Å². The predicted molar refractivity (Wildman–Crippen MR) is 74.2 cm³/mol. The zero-order valence-electron chi connectivity index (χ0n) is 11.6. The number of nitrogens with two attached hydrogens (primary N) is 1. The van der Waals surface area contributed by atoms with E-state index in [9.17, 15) is 0 Å². The lowest BCUT2D eigenvalue weighted by molar-refractivity contribution is 0.318. The van der Waals surface area contributed by atoms with Gasteiger partial charge in [0, 0.05) is 5.56 Å². The van der Waals surface area contributed by atoms with Crippen LogP contribution in [0.5, 0.6) is 0 Å². The van der Waals surface area contributed by atoms with E-state index in [1.807, 2.05) is 6.07 Å². The standard InChI is InChI=1S/C15H22N2O/c1-14(2)7-8-15(3,4)12-9-10(13(16)17-18)5-6-11(12)14/h5-6,9,18H,7-8H2,1-4H3,(H2,16,17). The molecule has 1 aromatic rings. The maximum absolute atomic E-state index is 8.79. The smallest absolute Gasteiger partial charge is 0.170 e. The Labute approximate surface area is 109 Å². The van der Waals surface area contributed by atoms with Gasteiger partial charge in [0.25, 0.3) is 0 Å². The molecule has 0 bridgehead atoms. The summed E-state index contributed by atoms with van der Waals surface area (Å²) >= 11 is 0. The third kappa shape index (κ3) is 1.98. The molecule has 0 heterocycles. The van der Waals surface area contributed by atoms with Gasteiger partial charge < -0.3 is 10.9 Å². The minimum Gasteiger partial charge on any atom is -0.409 e. The lowest BCUT2D eigenvalue weighted by atomic mass is 9.63. The fourth-order valence-corrected chi connectivity index (χ4v) is 2.81. The summed E-state index contributed by atoms with van der Waals surface area (Å²) in [5, 5.41) is 11.9. The molecule has 0 spiro atoms. The van der Waals surface area contributed by atoms with Crippen molar-refractivity contribution in [2.45, 2.75) is 51.4 Å². The van der Waals surface area contributed by atoms with Gasteiger partial charge in [0.05, 0.1) is 0 Å². The highest BCUT2D eigenvalue weighted by atomic mass is 16.4. The molecule has 0 saturated carbocycles. The van der Waals surface area contributed by atoms with Gasteiger partial charge in [0.2, 0.25) is 0 Å². The average Bonchev–Trinajstić information content (AvgIpc) is 2.34. The van der Waals surface area contributed by atoms with Crippen LogP contribution >= 0.6 is 0 Å². The second kappa shape index (κ2) is 4.01. The van der Waals surface area contributed by atoms with Crippen molar-refractivity contribution in [3.8, 4) is 0 Å². The van der Waals surface area contributed by atoms with Crippen molar-refractivity contribution in [2.24, 2.45) is 10.9 Å². The number of amidine groups is 1. The molecule has 0 aliphatic heterocycles. The summed E-state index contributed by atoms with van der Waals surface area (Å²) in [5.41, 5.74) is 9.53. The van der Waals surface area contributed by atoms with E-state index < -0.39 is 0 Å². The molecule has 3 N–H and O–H groups in total. The van der Waals surface area contributed by atoms with E-state index in [4.69, 9.17) is 10.9 Å². The number of fused-ring (bicyclic) bond motifs is 1. The Morgan fingerprint density at radius 1 is 1.11 bits per heavy atom. The van der Waals surface area contributed by atoms with Crippen molar-refractivity contribution >= 4 is 5.84 Å². The van der Waals surface area contributed by atoms with Crippen molar-refractivity contribution in [1.82, 2.24) is 0 Å². The largest absolute Gasteiger partial charge is 0.409 e. The van der Waals surface area contributed by atoms with Crippen LogP contribution in [0.2, 0.25) is 0 Å². The van der Waals surface area contributed by atoms with Crippen LogP contribution in [-0.2, 0) is 10.8 Å². The van der Waals surface area contributed by atoms with Crippen LogP contribution in [0.15, 0.2) is 23.4 Å². The summed E-state index contributed by atoms with van der Waals surface area (Å²) in [6.07, 6.45) is 2.35. The molecule has 1 aliphatic rings. The summed E-state index contributed by atoms with van der Waals surface area (Å²) in [7, 11) is 0. The van der Waals surface area contributed by atoms with Gasteiger partial charge in [-0.05, 0) is 40.9 Å². The molecule has 2 rings (SSSR count). The molecule has 0 unspecified atom stereocenters. The Morgan fingerprint density at radius 3 is 2.22 bits per heavy atom. The van der Waals surface area contributed by atoms with Crippen LogP contribution < -0.4 is 5.73 Å². The zero-order chi connectivity index (χ0) is 13.6. The molecule has 1 aliphatic carbocycles. The molecular weight excluding hydrogens is 224 g/mol. The van der Waals surface area contributed by atoms with Crippen LogP contribution in [0.4, 0.5) is 0 Å². The van der Waals surface area contributed by atoms with Crippen LogP contribution in [-0.4, -0.2) is 11.0 Å². The van der Waals surface area contributed by atoms with Gasteiger partial charge in [-0.1, -0.05) is 45.0 Å². The molecule has 0 radical (unpaired) electrons. The predicted octanol–water partition coefficient (Wildman–Crippen LogP) is 3.13. The first-order chi connectivity index (χ1) is 8.28. The zero-order valence-corrected chi connectivity index (χ0v) is 11.6. The molecule has 0 amide bonds. The number of hydrogen-bond acceptors (Lipinski definition) is 2. The lowest BCUT2D eigenvalue weighted by Gasteiger charge is -2.42. The van der Waals surface area contributed by atoms with E-state index in [1.54, 1.807) is 0 Å². The Hall–Kier alpha value is -1.51. The first-order valence-electron chi connectivity index (χ1n) is 6.41. The third-order valence-electron chi connectivity index (χ3n) is 4.26. The Balaban J connectivity index is 2.62. The van der Waals surface area contributed by atoms with Crippen molar-refractivity contribution in [3.63, 3.8) is 0 Å². The maximum Gasteiger partial charge on any atom is 0.170 e. The summed E-state index contributed by atoms with van der Waals surface area (Å²) in [4.78, 5) is 0. The second-order valence-corrected chi connectivity index (χ2v) is 6.51. The Bertz CT molecular complexity index is 501. The highest BCUT2D eigenvalue weighted by molar-refractivity contribution is 5.97. The average molecular weight is 246 g/mol. The quantitative estimate of drug-likeness (QED) is 0.346. The molecule has 0 fully saturated rings. The molecule has 0 atom stereocenters. The minimum atomic E-state index is 0.149. The van der Waals surface area contributed by atoms with E-state index in [0.29, 0.717) is 0 Å². The van der Waals surface area contributed by atoms with E-state index in [-0.39, 0.29) is 16.7 Å². The number of oxime groups is 1. The molecular formula is C15H22N2O. The summed E-state index contributed by atoms with van der Waals surface area (Å²) in [6.45, 7) is 9.09. The third-order valence-corrected chi connectivity index (χ3v) is 4.26. The van der Waals surface area contributed by atoms with E-state index in [2.05, 4.69) is 45.0 Å². The van der Waals surface area contributed by atoms with Crippen LogP contribution in [0, 0.1) is 0 Å². The molecule has 1 aromatic carbocycles. The van der Waals surface area contributed by atoms with Crippen LogP contribution in [0.25, 0.3) is 0 Å². The molecule has 98 valence electrons. The number of benzene rings is 1. The van der Waals surface area contributed by atoms with E-state index in [1.165, 1.54) is 17.5 Å². The summed E-state index contributed by atoms with van der Waals surface area (Å²) in [5.74, 6) is 0.178. The van der Waals surface area contributed by atoms with Crippen LogP contribution in [0.3, 0.4) is 0 Å². The van der Waals surface area contributed by atoms with Gasteiger partial charge in [-0.2, -0.15) is 0 Å². The SMILES string of the molecule is CC1(C)CCC(C)(C)c2cc(/C(N)=N/O)ccc21. The number of nitrogens with zero attached hydrogens (tertiary/aromatic N) is 1. The lowest BCUT2D eigenvalue weighted by Crippen LogP contribution is -2.34. The van der Waals surface area contributed by atoms with Crippen molar-refractivity contribution in [2.75, 3.05) is 0 Å². The Morgan fingerprint density at radius 2 is 1.67 bits per heavy atom. The summed E-state index contributed by atoms with van der Waals surface area (Å²) < 4.78 is 0. The van der Waals surface area contributed by atoms with Gasteiger partial charge in [-0.25, -0.2) is 0 Å². The molecule has 0 saturated heterocycles. The van der Waals surface area contributed by atoms with E-state index in [0.717, 1.165) is 12.0 Å². The van der Waals surface area contributed by atoms with Crippen LogP contribution in [0.1, 0.15) is 57.2 Å². The maximum atomic E-state index is 8.79. The highest BCUT2D eigenvalue weighted by Gasteiger charge is 2.36. The van der Waals surface area contributed by atoms with Crippen molar-refractivity contribution < 1.29 is 5.21 Å². The first kappa shape index (κ1) is 12.9. The van der Waals surface area contributed by atoms with Gasteiger partial charge in [0.15, 0.2) is 5.84 Å². The van der Waals surface area contributed by atoms with Crippen molar-refractivity contribution in [1.29, 1.82) is 0 Å². The fourth-order valence-electron chi connectivity index (χ4n) is 2.81. The molecule has 3 nitrogen and oxygen atoms in total. The van der Waals surface area contributed by atoms with Gasteiger partial charge >= 0.3 is 0 Å². The number of hydrogen-bond donors (Lipinski definition) is 2. The Kier molecular flexibility index (Phi) is 2.88. The van der Waals surface area contributed by atoms with Gasteiger partial charge in [0.1, 0.15) is 0 Å². The topological polar surface area (TPSA) is 58.6 Å². The van der Waals surface area contributed by atoms with Crippen molar-refractivity contribution in [3.05, 3.63) is 34.9 Å². The normalized spacial score (nSPS) is 21.4. The minimum absolute atomic E-state index is 0.149. The van der Waals surface area contributed by atoms with Gasteiger partial charge in [-0.3, -0.25) is 0 Å². The first-order valence-corrected chi connectivity index (χ1v) is 6.41. The number of rotatable bonds is 1. The highest BCUT2D eigenvalue weighted by Crippen LogP contribution is 2.45. The monoisotopic (exact) mass is 246 g/mol. The molecule has 0 aromatic heterocycles. The fraction of sp³-hybridized carbons (Fsp3) is 0.533. The second-order valence-electron chi connectivity index (χ2n) is 6.51. The summed E-state index contributed by atoms with van der Waals surface area (Å²) in [6, 6.07) is 6.14. The van der Waals surface area contributed by atoms with Gasteiger partial charge in [-0.15, -0.1) is 0 Å².